The van der Waals surface area contributed by atoms with E-state index in [1.54, 1.807) is 0 Å². The van der Waals surface area contributed by atoms with E-state index in [2.05, 4.69) is 31.5 Å². The smallest absolute Gasteiger partial charge is 0.238 e. The van der Waals surface area contributed by atoms with Crippen molar-refractivity contribution in [2.75, 3.05) is 38.5 Å². The van der Waals surface area contributed by atoms with Gasteiger partial charge in [0.05, 0.1) is 6.54 Å². The molecular formula is C16H25BrClN3O. The van der Waals surface area contributed by atoms with Crippen LogP contribution in [0.5, 0.6) is 0 Å². The molecule has 1 aliphatic rings. The maximum Gasteiger partial charge on any atom is 0.238 e. The first kappa shape index (κ1) is 19.4. The van der Waals surface area contributed by atoms with Crippen molar-refractivity contribution in [2.24, 2.45) is 5.92 Å². The van der Waals surface area contributed by atoms with E-state index in [1.807, 2.05) is 32.2 Å². The van der Waals surface area contributed by atoms with Gasteiger partial charge in [-0.3, -0.25) is 9.69 Å². The molecule has 6 heteroatoms. The molecule has 124 valence electrons. The second kappa shape index (κ2) is 9.50. The minimum atomic E-state index is 0. The van der Waals surface area contributed by atoms with Crippen LogP contribution in [-0.4, -0.2) is 44.0 Å². The summed E-state index contributed by atoms with van der Waals surface area (Å²) in [6.45, 7) is 5.64. The van der Waals surface area contributed by atoms with Crippen molar-refractivity contribution in [3.63, 3.8) is 0 Å². The van der Waals surface area contributed by atoms with Crippen molar-refractivity contribution >= 4 is 39.9 Å². The molecule has 0 aliphatic carbocycles. The molecule has 0 unspecified atom stereocenters. The number of hydrogen-bond donors (Lipinski definition) is 2. The molecule has 1 aliphatic heterocycles. The van der Waals surface area contributed by atoms with E-state index >= 15 is 0 Å². The van der Waals surface area contributed by atoms with E-state index < -0.39 is 0 Å². The lowest BCUT2D eigenvalue weighted by Crippen LogP contribution is -2.37. The zero-order chi connectivity index (χ0) is 15.2. The number of likely N-dealkylation sites (N-methyl/N-ethyl adjacent to an activating group) is 1. The summed E-state index contributed by atoms with van der Waals surface area (Å²) in [5, 5.41) is 6.36. The Kier molecular flexibility index (Phi) is 8.39. The van der Waals surface area contributed by atoms with Gasteiger partial charge in [-0.05, 0) is 69.6 Å². The molecular weight excluding hydrogens is 366 g/mol. The highest BCUT2D eigenvalue weighted by Gasteiger charge is 2.16. The molecule has 0 radical (unpaired) electrons. The molecule has 0 spiro atoms. The lowest BCUT2D eigenvalue weighted by atomic mass is 9.98. The molecule has 22 heavy (non-hydrogen) atoms. The van der Waals surface area contributed by atoms with Crippen molar-refractivity contribution in [1.29, 1.82) is 0 Å². The number of nitrogens with zero attached hydrogens (tertiary/aromatic N) is 1. The van der Waals surface area contributed by atoms with Crippen LogP contribution >= 0.6 is 28.3 Å². The maximum atomic E-state index is 12.1. The van der Waals surface area contributed by atoms with Gasteiger partial charge in [-0.1, -0.05) is 15.9 Å². The minimum absolute atomic E-state index is 0. The predicted octanol–water partition coefficient (Wildman–Crippen LogP) is 3.05. The Hall–Kier alpha value is -0.620. The Morgan fingerprint density at radius 1 is 1.41 bits per heavy atom. The normalized spacial score (nSPS) is 15.5. The van der Waals surface area contributed by atoms with Gasteiger partial charge >= 0.3 is 0 Å². The summed E-state index contributed by atoms with van der Waals surface area (Å²) < 4.78 is 1.03. The number of amides is 1. The molecule has 0 atom stereocenters. The van der Waals surface area contributed by atoms with Crippen molar-refractivity contribution in [3.8, 4) is 0 Å². The fourth-order valence-electron chi connectivity index (χ4n) is 2.77. The lowest BCUT2D eigenvalue weighted by molar-refractivity contribution is -0.117. The molecule has 1 aromatic carbocycles. The molecule has 1 heterocycles. The second-order valence-electron chi connectivity index (χ2n) is 5.90. The zero-order valence-electron chi connectivity index (χ0n) is 13.2. The molecule has 0 saturated carbocycles. The number of piperidine rings is 1. The summed E-state index contributed by atoms with van der Waals surface area (Å²) in [6.07, 6.45) is 2.41. The van der Waals surface area contributed by atoms with Gasteiger partial charge in [0, 0.05) is 16.7 Å². The summed E-state index contributed by atoms with van der Waals surface area (Å²) in [7, 11) is 2.02. The molecule has 0 aromatic heterocycles. The van der Waals surface area contributed by atoms with Crippen LogP contribution in [0.3, 0.4) is 0 Å². The third-order valence-electron chi connectivity index (χ3n) is 3.90. The molecule has 2 N–H and O–H groups in total. The van der Waals surface area contributed by atoms with E-state index in [-0.39, 0.29) is 18.3 Å². The number of carbonyl (C=O) groups excluding carboxylic acids is 1. The van der Waals surface area contributed by atoms with Gasteiger partial charge in [0.25, 0.3) is 0 Å². The number of benzene rings is 1. The average molecular weight is 391 g/mol. The molecule has 1 amide bonds. The summed E-state index contributed by atoms with van der Waals surface area (Å²) in [6, 6.07) is 5.89. The fourth-order valence-corrected chi connectivity index (χ4v) is 3.25. The van der Waals surface area contributed by atoms with Gasteiger partial charge in [-0.15, -0.1) is 12.4 Å². The van der Waals surface area contributed by atoms with Gasteiger partial charge in [-0.25, -0.2) is 0 Å². The average Bonchev–Trinajstić information content (AvgIpc) is 2.43. The Morgan fingerprint density at radius 2 is 2.09 bits per heavy atom. The van der Waals surface area contributed by atoms with E-state index in [4.69, 9.17) is 0 Å². The van der Waals surface area contributed by atoms with Gasteiger partial charge in [0.2, 0.25) is 5.91 Å². The van der Waals surface area contributed by atoms with Crippen LogP contribution < -0.4 is 10.6 Å². The van der Waals surface area contributed by atoms with Crippen molar-refractivity contribution in [1.82, 2.24) is 10.2 Å². The first-order chi connectivity index (χ1) is 10.0. The topological polar surface area (TPSA) is 44.4 Å². The second-order valence-corrected chi connectivity index (χ2v) is 6.81. The molecule has 1 aromatic rings. The summed E-state index contributed by atoms with van der Waals surface area (Å²) in [5.74, 6) is 0.760. The first-order valence-electron chi connectivity index (χ1n) is 7.50. The first-order valence-corrected chi connectivity index (χ1v) is 8.29. The van der Waals surface area contributed by atoms with Crippen molar-refractivity contribution in [2.45, 2.75) is 19.8 Å². The van der Waals surface area contributed by atoms with E-state index in [1.165, 1.54) is 12.8 Å². The number of halogens is 2. The molecule has 1 saturated heterocycles. The quantitative estimate of drug-likeness (QED) is 0.812. The third-order valence-corrected chi connectivity index (χ3v) is 4.40. The number of carbonyl (C=O) groups is 1. The summed E-state index contributed by atoms with van der Waals surface area (Å²) in [5.41, 5.74) is 1.96. The Labute approximate surface area is 147 Å². The summed E-state index contributed by atoms with van der Waals surface area (Å²) >= 11 is 3.43. The van der Waals surface area contributed by atoms with Gasteiger partial charge < -0.3 is 10.6 Å². The van der Waals surface area contributed by atoms with E-state index in [9.17, 15) is 4.79 Å². The van der Waals surface area contributed by atoms with Crippen LogP contribution in [-0.2, 0) is 4.79 Å². The highest BCUT2D eigenvalue weighted by molar-refractivity contribution is 9.10. The number of aryl methyl sites for hydroxylation is 1. The highest BCUT2D eigenvalue weighted by atomic mass is 79.9. The number of hydrogen-bond acceptors (Lipinski definition) is 3. The van der Waals surface area contributed by atoms with Gasteiger partial charge in [0.15, 0.2) is 0 Å². The van der Waals surface area contributed by atoms with Gasteiger partial charge in [0.1, 0.15) is 0 Å². The monoisotopic (exact) mass is 389 g/mol. The van der Waals surface area contributed by atoms with E-state index in [0.717, 1.165) is 35.4 Å². The molecule has 2 rings (SSSR count). The standard InChI is InChI=1S/C16H24BrN3O.ClH/c1-12-9-14(17)3-4-15(12)19-16(21)11-20(2)10-13-5-7-18-8-6-13;/h3-4,9,13,18H,5-8,10-11H2,1-2H3,(H,19,21);1H. The van der Waals surface area contributed by atoms with Crippen LogP contribution in [0.15, 0.2) is 22.7 Å². The fraction of sp³-hybridized carbons (Fsp3) is 0.562. The SMILES string of the molecule is Cc1cc(Br)ccc1NC(=O)CN(C)CC1CCNCC1.Cl. The Balaban J connectivity index is 0.00000242. The third kappa shape index (κ3) is 6.24. The van der Waals surface area contributed by atoms with Crippen LogP contribution in [0.25, 0.3) is 0 Å². The predicted molar refractivity (Wildman–Crippen MR) is 97.8 cm³/mol. The van der Waals surface area contributed by atoms with Crippen molar-refractivity contribution in [3.05, 3.63) is 28.2 Å². The van der Waals surface area contributed by atoms with Crippen LogP contribution in [0.1, 0.15) is 18.4 Å². The van der Waals surface area contributed by atoms with Crippen LogP contribution in [0.2, 0.25) is 0 Å². The Bertz CT molecular complexity index is 492. The zero-order valence-corrected chi connectivity index (χ0v) is 15.6. The van der Waals surface area contributed by atoms with Crippen LogP contribution in [0, 0.1) is 12.8 Å². The number of anilines is 1. The molecule has 4 nitrogen and oxygen atoms in total. The largest absolute Gasteiger partial charge is 0.325 e. The number of rotatable bonds is 5. The summed E-state index contributed by atoms with van der Waals surface area (Å²) in [4.78, 5) is 14.2. The number of nitrogens with one attached hydrogen (secondary N) is 2. The van der Waals surface area contributed by atoms with E-state index in [0.29, 0.717) is 12.5 Å². The molecule has 0 bridgehead atoms. The lowest BCUT2D eigenvalue weighted by Gasteiger charge is -2.27. The van der Waals surface area contributed by atoms with Gasteiger partial charge in [-0.2, -0.15) is 0 Å². The minimum Gasteiger partial charge on any atom is -0.325 e. The van der Waals surface area contributed by atoms with Crippen LogP contribution in [0.4, 0.5) is 5.69 Å². The maximum absolute atomic E-state index is 12.1. The van der Waals surface area contributed by atoms with Crippen molar-refractivity contribution < 1.29 is 4.79 Å². The Morgan fingerprint density at radius 3 is 2.73 bits per heavy atom. The molecule has 1 fully saturated rings. The highest BCUT2D eigenvalue weighted by Crippen LogP contribution is 2.20.